The van der Waals surface area contributed by atoms with Crippen molar-refractivity contribution >= 4 is 46.5 Å². The van der Waals surface area contributed by atoms with Crippen LogP contribution in [0.25, 0.3) is 10.4 Å². The van der Waals surface area contributed by atoms with E-state index < -0.39 is 30.4 Å². The van der Waals surface area contributed by atoms with Crippen molar-refractivity contribution in [2.45, 2.75) is 6.92 Å². The molecular formula is C30H26N2O6S. The van der Waals surface area contributed by atoms with Gasteiger partial charge in [-0.15, -0.1) is 11.3 Å². The number of anilines is 2. The van der Waals surface area contributed by atoms with Crippen LogP contribution < -0.4 is 10.2 Å². The maximum atomic E-state index is 13.1. The maximum absolute atomic E-state index is 13.1. The number of carbonyl (C=O) groups excluding carboxylic acids is 4. The highest BCUT2D eigenvalue weighted by Crippen LogP contribution is 2.35. The molecule has 0 saturated heterocycles. The normalized spacial score (nSPS) is 10.4. The molecule has 4 aromatic rings. The molecule has 0 bridgehead atoms. The van der Waals surface area contributed by atoms with Crippen molar-refractivity contribution in [2.24, 2.45) is 0 Å². The lowest BCUT2D eigenvalue weighted by molar-refractivity contribution is -0.119. The fourth-order valence-electron chi connectivity index (χ4n) is 3.77. The molecule has 0 atom stereocenters. The summed E-state index contributed by atoms with van der Waals surface area (Å²) in [5, 5.41) is 2.64. The number of hydrogen-bond acceptors (Lipinski definition) is 7. The van der Waals surface area contributed by atoms with Gasteiger partial charge in [0.05, 0.1) is 23.4 Å². The fourth-order valence-corrected chi connectivity index (χ4v) is 4.78. The second kappa shape index (κ2) is 12.7. The summed E-state index contributed by atoms with van der Waals surface area (Å²) >= 11 is 1.19. The molecule has 0 radical (unpaired) electrons. The predicted octanol–water partition coefficient (Wildman–Crippen LogP) is 5.66. The van der Waals surface area contributed by atoms with Crippen LogP contribution in [-0.4, -0.2) is 44.0 Å². The summed E-state index contributed by atoms with van der Waals surface area (Å²) in [5.74, 6) is -2.43. The Morgan fingerprint density at radius 2 is 1.41 bits per heavy atom. The molecule has 0 spiro atoms. The van der Waals surface area contributed by atoms with Crippen molar-refractivity contribution in [2.75, 3.05) is 30.5 Å². The largest absolute Gasteiger partial charge is 0.462 e. The van der Waals surface area contributed by atoms with Gasteiger partial charge in [-0.25, -0.2) is 9.59 Å². The van der Waals surface area contributed by atoms with Crippen LogP contribution in [0.1, 0.15) is 37.3 Å². The molecule has 1 aromatic heterocycles. The van der Waals surface area contributed by atoms with Crippen molar-refractivity contribution in [3.8, 4) is 10.4 Å². The lowest BCUT2D eigenvalue weighted by Gasteiger charge is -2.18. The number of hydrogen-bond donors (Lipinski definition) is 1. The first-order chi connectivity index (χ1) is 18.9. The fraction of sp³-hybridized carbons (Fsp3) is 0.133. The zero-order valence-corrected chi connectivity index (χ0v) is 22.2. The molecule has 1 N–H and O–H groups in total. The van der Waals surface area contributed by atoms with Gasteiger partial charge in [0.25, 0.3) is 11.8 Å². The Balaban J connectivity index is 1.46. The van der Waals surface area contributed by atoms with Crippen LogP contribution in [-0.2, 0) is 14.3 Å². The summed E-state index contributed by atoms with van der Waals surface area (Å²) in [6.45, 7) is 1.26. The van der Waals surface area contributed by atoms with E-state index in [2.05, 4.69) is 5.32 Å². The van der Waals surface area contributed by atoms with Crippen LogP contribution in [0.3, 0.4) is 0 Å². The minimum atomic E-state index is -0.823. The van der Waals surface area contributed by atoms with E-state index in [9.17, 15) is 19.2 Å². The number of nitrogens with zero attached hydrogens (tertiary/aromatic N) is 1. The van der Waals surface area contributed by atoms with Gasteiger partial charge in [-0.2, -0.15) is 0 Å². The van der Waals surface area contributed by atoms with Gasteiger partial charge in [0.1, 0.15) is 4.88 Å². The summed E-state index contributed by atoms with van der Waals surface area (Å²) in [4.78, 5) is 53.7. The molecule has 0 unspecified atom stereocenters. The topological polar surface area (TPSA) is 102 Å². The van der Waals surface area contributed by atoms with Gasteiger partial charge >= 0.3 is 11.9 Å². The Hall–Kier alpha value is -4.76. The molecule has 0 aliphatic heterocycles. The molecule has 0 fully saturated rings. The molecule has 4 rings (SSSR count). The minimum Gasteiger partial charge on any atom is -0.462 e. The second-order valence-corrected chi connectivity index (χ2v) is 9.36. The van der Waals surface area contributed by atoms with Crippen molar-refractivity contribution < 1.29 is 28.7 Å². The number of rotatable bonds is 9. The lowest BCUT2D eigenvalue weighted by Crippen LogP contribution is -2.28. The molecule has 8 nitrogen and oxygen atoms in total. The molecule has 0 saturated carbocycles. The van der Waals surface area contributed by atoms with Crippen molar-refractivity contribution in [3.05, 3.63) is 107 Å². The quantitative estimate of drug-likeness (QED) is 0.274. The zero-order chi connectivity index (χ0) is 27.8. The molecule has 39 heavy (non-hydrogen) atoms. The van der Waals surface area contributed by atoms with Crippen molar-refractivity contribution in [3.63, 3.8) is 0 Å². The van der Waals surface area contributed by atoms with Gasteiger partial charge in [0, 0.05) is 17.6 Å². The summed E-state index contributed by atoms with van der Waals surface area (Å²) in [6.07, 6.45) is 0. The SMILES string of the molecule is CCOC(=O)c1sc(-c2ccccc2)cc1NC(=O)COC(=O)c1ccccc1C(=O)N(C)c1ccccc1. The van der Waals surface area contributed by atoms with Gasteiger partial charge < -0.3 is 19.7 Å². The van der Waals surface area contributed by atoms with Gasteiger partial charge in [-0.1, -0.05) is 60.7 Å². The highest BCUT2D eigenvalue weighted by Gasteiger charge is 2.23. The van der Waals surface area contributed by atoms with Crippen LogP contribution in [0.4, 0.5) is 11.4 Å². The number of thiophene rings is 1. The van der Waals surface area contributed by atoms with Crippen molar-refractivity contribution in [1.82, 2.24) is 0 Å². The Morgan fingerprint density at radius 3 is 2.08 bits per heavy atom. The molecule has 0 aliphatic rings. The van der Waals surface area contributed by atoms with E-state index in [1.807, 2.05) is 48.5 Å². The molecule has 2 amide bonds. The highest BCUT2D eigenvalue weighted by molar-refractivity contribution is 7.18. The first-order valence-electron chi connectivity index (χ1n) is 12.1. The van der Waals surface area contributed by atoms with Gasteiger partial charge in [-0.05, 0) is 42.8 Å². The third-order valence-electron chi connectivity index (χ3n) is 5.69. The second-order valence-electron chi connectivity index (χ2n) is 8.31. The monoisotopic (exact) mass is 542 g/mol. The number of esters is 2. The van der Waals surface area contributed by atoms with Crippen LogP contribution >= 0.6 is 11.3 Å². The standard InChI is InChI=1S/C30H26N2O6S/c1-3-37-30(36)27-24(18-25(39-27)20-12-6-4-7-13-20)31-26(33)19-38-29(35)23-17-11-10-16-22(23)28(34)32(2)21-14-8-5-9-15-21/h4-18H,3,19H2,1-2H3,(H,31,33). The van der Waals surface area contributed by atoms with E-state index in [0.717, 1.165) is 10.4 Å². The molecule has 1 heterocycles. The van der Waals surface area contributed by atoms with Crippen LogP contribution in [0.15, 0.2) is 91.0 Å². The molecule has 3 aromatic carbocycles. The van der Waals surface area contributed by atoms with Gasteiger partial charge in [-0.3, -0.25) is 9.59 Å². The molecule has 9 heteroatoms. The summed E-state index contributed by atoms with van der Waals surface area (Å²) in [7, 11) is 1.61. The first-order valence-corrected chi connectivity index (χ1v) is 13.0. The van der Waals surface area contributed by atoms with Crippen LogP contribution in [0, 0.1) is 0 Å². The van der Waals surface area contributed by atoms with E-state index in [-0.39, 0.29) is 28.3 Å². The van der Waals surface area contributed by atoms with E-state index in [4.69, 9.17) is 9.47 Å². The summed E-state index contributed by atoms with van der Waals surface area (Å²) in [5.41, 5.74) is 1.98. The van der Waals surface area contributed by atoms with Gasteiger partial charge in [0.15, 0.2) is 6.61 Å². The first kappa shape index (κ1) is 27.3. The summed E-state index contributed by atoms with van der Waals surface area (Å²) < 4.78 is 10.4. The van der Waals surface area contributed by atoms with E-state index >= 15 is 0 Å². The smallest absolute Gasteiger partial charge is 0.350 e. The molecule has 0 aliphatic carbocycles. The van der Waals surface area contributed by atoms with E-state index in [0.29, 0.717) is 5.69 Å². The lowest BCUT2D eigenvalue weighted by atomic mass is 10.1. The number of amides is 2. The number of carbonyl (C=O) groups is 4. The average Bonchev–Trinajstić information content (AvgIpc) is 3.40. The molecular weight excluding hydrogens is 516 g/mol. The summed E-state index contributed by atoms with van der Waals surface area (Å²) in [6, 6.07) is 26.4. The predicted molar refractivity (Wildman–Crippen MR) is 150 cm³/mol. The Morgan fingerprint density at radius 1 is 0.795 bits per heavy atom. The van der Waals surface area contributed by atoms with Gasteiger partial charge in [0.2, 0.25) is 0 Å². The number of benzene rings is 3. The Kier molecular flexibility index (Phi) is 8.86. The highest BCUT2D eigenvalue weighted by atomic mass is 32.1. The number of nitrogens with one attached hydrogen (secondary N) is 1. The van der Waals surface area contributed by atoms with Crippen molar-refractivity contribution in [1.29, 1.82) is 0 Å². The Bertz CT molecular complexity index is 1480. The van der Waals surface area contributed by atoms with Crippen LogP contribution in [0.2, 0.25) is 0 Å². The maximum Gasteiger partial charge on any atom is 0.350 e. The average molecular weight is 543 g/mol. The third-order valence-corrected chi connectivity index (χ3v) is 6.85. The Labute approximate surface area is 229 Å². The third kappa shape index (κ3) is 6.58. The minimum absolute atomic E-state index is 0.0344. The van der Waals surface area contributed by atoms with E-state index in [1.165, 1.54) is 28.4 Å². The number of para-hydroxylation sites is 1. The van der Waals surface area contributed by atoms with Crippen LogP contribution in [0.5, 0.6) is 0 Å². The molecule has 198 valence electrons. The van der Waals surface area contributed by atoms with E-state index in [1.54, 1.807) is 44.3 Å². The zero-order valence-electron chi connectivity index (χ0n) is 21.4. The number of ether oxygens (including phenoxy) is 2.